The molecule has 2 aromatic carbocycles. The molecule has 4 N–H and O–H groups in total. The molecule has 2 aliphatic carbocycles. The van der Waals surface area contributed by atoms with Crippen LogP contribution in [0.1, 0.15) is 80.4 Å². The molecule has 0 aliphatic heterocycles. The number of phenolic OH excluding ortho intramolecular Hbond substituents is 3. The van der Waals surface area contributed by atoms with Gasteiger partial charge in [-0.2, -0.15) is 0 Å². The number of phenols is 3. The highest BCUT2D eigenvalue weighted by molar-refractivity contribution is 9.09. The van der Waals surface area contributed by atoms with Crippen molar-refractivity contribution >= 4 is 39.2 Å². The van der Waals surface area contributed by atoms with Crippen molar-refractivity contribution < 1.29 is 44.3 Å². The molecular formula is C25H23BrO9. The third-order valence-electron chi connectivity index (χ3n) is 6.48. The van der Waals surface area contributed by atoms with Gasteiger partial charge in [-0.1, -0.05) is 41.4 Å². The predicted octanol–water partition coefficient (Wildman–Crippen LogP) is 2.99. The maximum atomic E-state index is 13.2. The molecule has 0 spiro atoms. The van der Waals surface area contributed by atoms with Gasteiger partial charge in [-0.25, -0.2) is 0 Å². The molecule has 0 saturated carbocycles. The molecule has 4 rings (SSSR count). The lowest BCUT2D eigenvalue weighted by Crippen LogP contribution is -2.46. The predicted molar refractivity (Wildman–Crippen MR) is 125 cm³/mol. The van der Waals surface area contributed by atoms with Gasteiger partial charge in [0.15, 0.2) is 12.4 Å². The number of hydrogen-bond donors (Lipinski definition) is 4. The average molecular weight is 547 g/mol. The Labute approximate surface area is 208 Å². The van der Waals surface area contributed by atoms with E-state index in [0.717, 1.165) is 6.42 Å². The molecule has 0 radical (unpaired) electrons. The fourth-order valence-corrected chi connectivity index (χ4v) is 5.66. The molecule has 35 heavy (non-hydrogen) atoms. The Morgan fingerprint density at radius 2 is 1.77 bits per heavy atom. The van der Waals surface area contributed by atoms with Gasteiger partial charge in [-0.15, -0.1) is 0 Å². The second-order valence-corrected chi connectivity index (χ2v) is 9.87. The van der Waals surface area contributed by atoms with Crippen molar-refractivity contribution in [3.63, 3.8) is 0 Å². The SMILES string of the molecule is CCCCC(=O)OCC(=O)C1(O)Cc2c(O)c3c(c(O)c2C(Br)C1)C(=O)c1c(O)cccc1C3=O. The first-order valence-electron chi connectivity index (χ1n) is 11.1. The van der Waals surface area contributed by atoms with E-state index in [4.69, 9.17) is 4.74 Å². The van der Waals surface area contributed by atoms with Crippen LogP contribution in [0, 0.1) is 0 Å². The van der Waals surface area contributed by atoms with Gasteiger partial charge in [0.2, 0.25) is 11.6 Å². The van der Waals surface area contributed by atoms with E-state index in [1.807, 2.05) is 6.92 Å². The minimum absolute atomic E-state index is 0.0543. The Kier molecular flexibility index (Phi) is 6.46. The smallest absolute Gasteiger partial charge is 0.306 e. The summed E-state index contributed by atoms with van der Waals surface area (Å²) in [5, 5.41) is 43.4. The summed E-state index contributed by atoms with van der Waals surface area (Å²) in [5.41, 5.74) is -3.43. The number of fused-ring (bicyclic) bond motifs is 3. The summed E-state index contributed by atoms with van der Waals surface area (Å²) in [6, 6.07) is 3.92. The Bertz CT molecular complexity index is 1280. The Morgan fingerprint density at radius 3 is 2.46 bits per heavy atom. The van der Waals surface area contributed by atoms with Crippen LogP contribution in [0.2, 0.25) is 0 Å². The van der Waals surface area contributed by atoms with Gasteiger partial charge in [0.05, 0.1) is 16.7 Å². The molecule has 0 aromatic heterocycles. The van der Waals surface area contributed by atoms with Crippen molar-refractivity contribution in [1.29, 1.82) is 0 Å². The molecule has 0 fully saturated rings. The number of unbranched alkanes of at least 4 members (excludes halogenated alkanes) is 1. The van der Waals surface area contributed by atoms with E-state index in [2.05, 4.69) is 15.9 Å². The zero-order valence-electron chi connectivity index (χ0n) is 18.8. The van der Waals surface area contributed by atoms with E-state index in [1.54, 1.807) is 0 Å². The monoisotopic (exact) mass is 546 g/mol. The maximum Gasteiger partial charge on any atom is 0.306 e. The van der Waals surface area contributed by atoms with Crippen molar-refractivity contribution in [1.82, 2.24) is 0 Å². The van der Waals surface area contributed by atoms with E-state index in [9.17, 15) is 39.6 Å². The van der Waals surface area contributed by atoms with Crippen LogP contribution in [0.15, 0.2) is 18.2 Å². The number of alkyl halides is 1. The van der Waals surface area contributed by atoms with Crippen molar-refractivity contribution in [3.05, 3.63) is 51.6 Å². The largest absolute Gasteiger partial charge is 0.507 e. The molecule has 184 valence electrons. The topological polar surface area (TPSA) is 158 Å². The number of halogens is 1. The Balaban J connectivity index is 1.74. The second kappa shape index (κ2) is 9.09. The van der Waals surface area contributed by atoms with E-state index in [0.29, 0.717) is 6.42 Å². The molecule has 9 nitrogen and oxygen atoms in total. The van der Waals surface area contributed by atoms with Gasteiger partial charge >= 0.3 is 5.97 Å². The fourth-order valence-electron chi connectivity index (χ4n) is 4.63. The molecule has 0 bridgehead atoms. The number of rotatable bonds is 6. The number of ether oxygens (including phenoxy) is 1. The molecular weight excluding hydrogens is 524 g/mol. The third-order valence-corrected chi connectivity index (χ3v) is 7.26. The number of ketones is 3. The highest BCUT2D eigenvalue weighted by atomic mass is 79.9. The molecule has 0 amide bonds. The number of carbonyl (C=O) groups excluding carboxylic acids is 4. The van der Waals surface area contributed by atoms with Crippen molar-refractivity contribution in [3.8, 4) is 17.2 Å². The molecule has 10 heteroatoms. The summed E-state index contributed by atoms with van der Waals surface area (Å²) < 4.78 is 4.98. The number of hydrogen-bond acceptors (Lipinski definition) is 9. The van der Waals surface area contributed by atoms with Crippen LogP contribution in [0.3, 0.4) is 0 Å². The van der Waals surface area contributed by atoms with Gasteiger partial charge < -0.3 is 25.2 Å². The zero-order chi connectivity index (χ0) is 25.7. The fraction of sp³-hybridized carbons (Fsp3) is 0.360. The highest BCUT2D eigenvalue weighted by Gasteiger charge is 2.48. The Hall–Kier alpha value is -3.24. The van der Waals surface area contributed by atoms with Gasteiger partial charge in [0, 0.05) is 40.8 Å². The molecule has 2 aromatic rings. The summed E-state index contributed by atoms with van der Waals surface area (Å²) >= 11 is 3.30. The third kappa shape index (κ3) is 4.00. The van der Waals surface area contributed by atoms with Crippen LogP contribution in [0.4, 0.5) is 0 Å². The van der Waals surface area contributed by atoms with Crippen LogP contribution in [0.25, 0.3) is 0 Å². The average Bonchev–Trinajstić information content (AvgIpc) is 2.81. The lowest BCUT2D eigenvalue weighted by molar-refractivity contribution is -0.155. The van der Waals surface area contributed by atoms with E-state index >= 15 is 0 Å². The number of esters is 1. The quantitative estimate of drug-likeness (QED) is 0.207. The lowest BCUT2D eigenvalue weighted by atomic mass is 9.73. The van der Waals surface area contributed by atoms with Crippen LogP contribution >= 0.6 is 15.9 Å². The van der Waals surface area contributed by atoms with Crippen molar-refractivity contribution in [2.24, 2.45) is 0 Å². The molecule has 0 saturated heterocycles. The number of Topliss-reactive ketones (excluding diaryl/α,β-unsaturated/α-hetero) is 1. The van der Waals surface area contributed by atoms with Gasteiger partial charge in [-0.05, 0) is 12.5 Å². The zero-order valence-corrected chi connectivity index (χ0v) is 20.3. The normalized spacial score (nSPS) is 20.6. The number of carbonyl (C=O) groups is 4. The summed E-state index contributed by atoms with van der Waals surface area (Å²) in [5.74, 6) is -4.66. The number of benzene rings is 2. The van der Waals surface area contributed by atoms with E-state index in [-0.39, 0.29) is 35.1 Å². The van der Waals surface area contributed by atoms with Crippen LogP contribution in [-0.2, 0) is 20.7 Å². The van der Waals surface area contributed by atoms with Gasteiger partial charge in [-0.3, -0.25) is 19.2 Å². The summed E-state index contributed by atoms with van der Waals surface area (Å²) in [4.78, 5) is 50.0. The van der Waals surface area contributed by atoms with Crippen LogP contribution in [0.5, 0.6) is 17.2 Å². The molecule has 2 atom stereocenters. The van der Waals surface area contributed by atoms with E-state index < -0.39 is 75.2 Å². The lowest BCUT2D eigenvalue weighted by Gasteiger charge is -2.37. The standard InChI is InChI=1S/C25H23BrO9/c1-2-3-7-16(29)35-10-15(28)25(34)8-12-17(13(26)9-25)23(32)20-19(22(12)31)21(30)11-5-4-6-14(27)18(11)24(20)33/h4-6,13,27,31-32,34H,2-3,7-10H2,1H3. The van der Waals surface area contributed by atoms with Crippen LogP contribution in [-0.4, -0.2) is 56.0 Å². The van der Waals surface area contributed by atoms with Gasteiger partial charge in [0.1, 0.15) is 22.8 Å². The summed E-state index contributed by atoms with van der Waals surface area (Å²) in [7, 11) is 0. The first-order chi connectivity index (χ1) is 16.5. The van der Waals surface area contributed by atoms with E-state index in [1.165, 1.54) is 18.2 Å². The molecule has 2 aliphatic rings. The molecule has 2 unspecified atom stereocenters. The van der Waals surface area contributed by atoms with Crippen LogP contribution < -0.4 is 0 Å². The first kappa shape index (κ1) is 24.9. The van der Waals surface area contributed by atoms with Crippen molar-refractivity contribution in [2.45, 2.75) is 49.5 Å². The van der Waals surface area contributed by atoms with Crippen molar-refractivity contribution in [2.75, 3.05) is 6.61 Å². The number of aromatic hydroxyl groups is 3. The minimum Gasteiger partial charge on any atom is -0.507 e. The second-order valence-electron chi connectivity index (χ2n) is 8.76. The summed E-state index contributed by atoms with van der Waals surface area (Å²) in [6.45, 7) is 1.23. The highest BCUT2D eigenvalue weighted by Crippen LogP contribution is 2.53. The summed E-state index contributed by atoms with van der Waals surface area (Å²) in [6.07, 6.45) is 0.783. The molecule has 0 heterocycles. The minimum atomic E-state index is -2.07. The van der Waals surface area contributed by atoms with Gasteiger partial charge in [0.25, 0.3) is 0 Å². The maximum absolute atomic E-state index is 13.2. The first-order valence-corrected chi connectivity index (χ1v) is 12.0. The Morgan fingerprint density at radius 1 is 1.09 bits per heavy atom. The number of aliphatic hydroxyl groups is 1.